The molecule has 72 valence electrons. The number of nitrogens with zero attached hydrogens (tertiary/aromatic N) is 1. The van der Waals surface area contributed by atoms with E-state index in [4.69, 9.17) is 5.73 Å². The number of phenolic OH excluding ortho intramolecular Hbond substituents is 1. The summed E-state index contributed by atoms with van der Waals surface area (Å²) in [7, 11) is 0. The van der Waals surface area contributed by atoms with Crippen LogP contribution in [0.2, 0.25) is 0 Å². The third-order valence-corrected chi connectivity index (χ3v) is 2.89. The molecule has 3 N–H and O–H groups in total. The molecule has 1 aromatic carbocycles. The van der Waals surface area contributed by atoms with Gasteiger partial charge in [0.1, 0.15) is 5.75 Å². The van der Waals surface area contributed by atoms with Gasteiger partial charge in [0.25, 0.3) is 0 Å². The van der Waals surface area contributed by atoms with Crippen LogP contribution in [0.4, 0.5) is 5.13 Å². The highest BCUT2D eigenvalue weighted by Crippen LogP contribution is 2.35. The summed E-state index contributed by atoms with van der Waals surface area (Å²) in [5.74, 6) is 0.302. The van der Waals surface area contributed by atoms with E-state index in [1.807, 2.05) is 25.1 Å². The van der Waals surface area contributed by atoms with Gasteiger partial charge in [-0.25, -0.2) is 4.98 Å². The van der Waals surface area contributed by atoms with Crippen molar-refractivity contribution < 1.29 is 5.11 Å². The molecule has 0 atom stereocenters. The Labute approximate surface area is 85.8 Å². The molecule has 0 saturated carbocycles. The van der Waals surface area contributed by atoms with E-state index < -0.39 is 0 Å². The first-order chi connectivity index (χ1) is 6.68. The molecule has 4 heteroatoms. The molecule has 0 aliphatic heterocycles. The monoisotopic (exact) mass is 206 g/mol. The van der Waals surface area contributed by atoms with E-state index in [0.717, 1.165) is 16.0 Å². The molecule has 2 rings (SSSR count). The molecule has 0 bridgehead atoms. The maximum absolute atomic E-state index is 9.80. The van der Waals surface area contributed by atoms with Crippen LogP contribution in [0.5, 0.6) is 5.75 Å². The predicted octanol–water partition coefficient (Wildman–Crippen LogP) is 2.41. The van der Waals surface area contributed by atoms with Crippen molar-refractivity contribution in [3.63, 3.8) is 0 Å². The summed E-state index contributed by atoms with van der Waals surface area (Å²) in [5.41, 5.74) is 7.18. The van der Waals surface area contributed by atoms with Crippen molar-refractivity contribution in [2.45, 2.75) is 6.92 Å². The van der Waals surface area contributed by atoms with E-state index in [-0.39, 0.29) is 0 Å². The lowest BCUT2D eigenvalue weighted by Gasteiger charge is -2.03. The van der Waals surface area contributed by atoms with Gasteiger partial charge in [-0.3, -0.25) is 0 Å². The van der Waals surface area contributed by atoms with Gasteiger partial charge in [0.2, 0.25) is 0 Å². The molecule has 1 heterocycles. The Morgan fingerprint density at radius 1 is 1.43 bits per heavy atom. The molecule has 0 spiro atoms. The molecule has 1 aromatic heterocycles. The number of rotatable bonds is 1. The van der Waals surface area contributed by atoms with Crippen molar-refractivity contribution in [1.29, 1.82) is 0 Å². The molecular formula is C10H10N2OS. The summed E-state index contributed by atoms with van der Waals surface area (Å²) >= 11 is 1.37. The van der Waals surface area contributed by atoms with Gasteiger partial charge in [-0.05, 0) is 18.6 Å². The van der Waals surface area contributed by atoms with Crippen LogP contribution in [0.15, 0.2) is 24.4 Å². The highest BCUT2D eigenvalue weighted by molar-refractivity contribution is 7.18. The molecule has 0 fully saturated rings. The highest BCUT2D eigenvalue weighted by Gasteiger charge is 2.08. The van der Waals surface area contributed by atoms with Crippen molar-refractivity contribution in [2.75, 3.05) is 5.73 Å². The minimum Gasteiger partial charge on any atom is -0.507 e. The Hall–Kier alpha value is -1.55. The number of nitrogens with two attached hydrogens (primary N) is 1. The molecule has 0 radical (unpaired) electrons. The first-order valence-electron chi connectivity index (χ1n) is 4.19. The summed E-state index contributed by atoms with van der Waals surface area (Å²) in [6.07, 6.45) is 1.68. The fourth-order valence-electron chi connectivity index (χ4n) is 1.27. The van der Waals surface area contributed by atoms with Crippen LogP contribution in [0, 0.1) is 6.92 Å². The molecular weight excluding hydrogens is 196 g/mol. The third-order valence-electron chi connectivity index (χ3n) is 2.03. The van der Waals surface area contributed by atoms with Crippen LogP contribution in [-0.2, 0) is 0 Å². The second-order valence-corrected chi connectivity index (χ2v) is 4.10. The standard InChI is InChI=1S/C10H10N2OS/c1-6-3-2-4-7(9(6)13)8-5-12-10(11)14-8/h2-5,13H,1H3,(H2,11,12). The number of aryl methyl sites for hydroxylation is 1. The third kappa shape index (κ3) is 1.44. The number of hydrogen-bond acceptors (Lipinski definition) is 4. The number of hydrogen-bond donors (Lipinski definition) is 2. The Balaban J connectivity index is 2.57. The largest absolute Gasteiger partial charge is 0.507 e. The van der Waals surface area contributed by atoms with Gasteiger partial charge in [-0.15, -0.1) is 0 Å². The van der Waals surface area contributed by atoms with Gasteiger partial charge in [0.05, 0.1) is 4.88 Å². The number of aromatic nitrogens is 1. The zero-order valence-corrected chi connectivity index (χ0v) is 8.51. The molecule has 2 aromatic rings. The fourth-order valence-corrected chi connectivity index (χ4v) is 1.98. The van der Waals surface area contributed by atoms with Gasteiger partial charge >= 0.3 is 0 Å². The van der Waals surface area contributed by atoms with Crippen LogP contribution in [0.25, 0.3) is 10.4 Å². The number of anilines is 1. The second kappa shape index (κ2) is 3.31. The zero-order valence-electron chi connectivity index (χ0n) is 7.69. The van der Waals surface area contributed by atoms with E-state index in [2.05, 4.69) is 4.98 Å². The first kappa shape index (κ1) is 9.02. The SMILES string of the molecule is Cc1cccc(-c2cnc(N)s2)c1O. The number of nitrogen functional groups attached to an aromatic ring is 1. The molecule has 0 saturated heterocycles. The molecule has 14 heavy (non-hydrogen) atoms. The number of para-hydroxylation sites is 1. The summed E-state index contributed by atoms with van der Waals surface area (Å²) in [5, 5.41) is 10.3. The van der Waals surface area contributed by atoms with E-state index in [1.54, 1.807) is 6.20 Å². The molecule has 3 nitrogen and oxygen atoms in total. The van der Waals surface area contributed by atoms with E-state index in [9.17, 15) is 5.11 Å². The minimum atomic E-state index is 0.302. The lowest BCUT2D eigenvalue weighted by molar-refractivity contribution is 0.473. The summed E-state index contributed by atoms with van der Waals surface area (Å²) in [6, 6.07) is 5.62. The number of benzene rings is 1. The van der Waals surface area contributed by atoms with Gasteiger partial charge < -0.3 is 10.8 Å². The minimum absolute atomic E-state index is 0.302. The lowest BCUT2D eigenvalue weighted by atomic mass is 10.1. The van der Waals surface area contributed by atoms with Crippen LogP contribution < -0.4 is 5.73 Å². The molecule has 0 aliphatic carbocycles. The van der Waals surface area contributed by atoms with Crippen molar-refractivity contribution in [2.24, 2.45) is 0 Å². The van der Waals surface area contributed by atoms with Crippen LogP contribution >= 0.6 is 11.3 Å². The predicted molar refractivity (Wildman–Crippen MR) is 58.4 cm³/mol. The average Bonchev–Trinajstić information content (AvgIpc) is 2.57. The maximum Gasteiger partial charge on any atom is 0.180 e. The second-order valence-electron chi connectivity index (χ2n) is 3.03. The Kier molecular flexibility index (Phi) is 2.13. The van der Waals surface area contributed by atoms with Crippen LogP contribution in [-0.4, -0.2) is 10.1 Å². The van der Waals surface area contributed by atoms with E-state index in [1.165, 1.54) is 11.3 Å². The van der Waals surface area contributed by atoms with Gasteiger partial charge in [-0.1, -0.05) is 23.5 Å². The highest BCUT2D eigenvalue weighted by atomic mass is 32.1. The molecule has 0 amide bonds. The number of thiazole rings is 1. The normalized spacial score (nSPS) is 10.4. The lowest BCUT2D eigenvalue weighted by Crippen LogP contribution is -1.78. The molecule has 0 aliphatic rings. The summed E-state index contributed by atoms with van der Waals surface area (Å²) < 4.78 is 0. The van der Waals surface area contributed by atoms with Crippen LogP contribution in [0.1, 0.15) is 5.56 Å². The van der Waals surface area contributed by atoms with Crippen molar-refractivity contribution in [3.05, 3.63) is 30.0 Å². The number of phenols is 1. The zero-order chi connectivity index (χ0) is 10.1. The van der Waals surface area contributed by atoms with Crippen molar-refractivity contribution in [3.8, 4) is 16.2 Å². The Morgan fingerprint density at radius 3 is 2.86 bits per heavy atom. The Morgan fingerprint density at radius 2 is 2.21 bits per heavy atom. The topological polar surface area (TPSA) is 59.1 Å². The van der Waals surface area contributed by atoms with Crippen molar-refractivity contribution >= 4 is 16.5 Å². The number of aromatic hydroxyl groups is 1. The molecule has 0 unspecified atom stereocenters. The van der Waals surface area contributed by atoms with Crippen LogP contribution in [0.3, 0.4) is 0 Å². The van der Waals surface area contributed by atoms with E-state index >= 15 is 0 Å². The average molecular weight is 206 g/mol. The summed E-state index contributed by atoms with van der Waals surface area (Å²) in [4.78, 5) is 4.84. The van der Waals surface area contributed by atoms with E-state index in [0.29, 0.717) is 10.9 Å². The van der Waals surface area contributed by atoms with Gasteiger partial charge in [0, 0.05) is 11.8 Å². The fraction of sp³-hybridized carbons (Fsp3) is 0.100. The first-order valence-corrected chi connectivity index (χ1v) is 5.00. The quantitative estimate of drug-likeness (QED) is 0.753. The van der Waals surface area contributed by atoms with Gasteiger partial charge in [0.15, 0.2) is 5.13 Å². The maximum atomic E-state index is 9.80. The van der Waals surface area contributed by atoms with Crippen molar-refractivity contribution in [1.82, 2.24) is 4.98 Å². The smallest absolute Gasteiger partial charge is 0.180 e. The Bertz CT molecular complexity index is 465. The summed E-state index contributed by atoms with van der Waals surface area (Å²) in [6.45, 7) is 1.86. The van der Waals surface area contributed by atoms with Gasteiger partial charge in [-0.2, -0.15) is 0 Å².